The molecule has 6 heteroatoms. The third kappa shape index (κ3) is 3.72. The Morgan fingerprint density at radius 2 is 1.53 bits per heavy atom. The zero-order valence-electron chi connectivity index (χ0n) is 17.6. The fourth-order valence-corrected chi connectivity index (χ4v) is 4.94. The number of rotatable bonds is 6. The van der Waals surface area contributed by atoms with Gasteiger partial charge in [-0.1, -0.05) is 32.0 Å². The van der Waals surface area contributed by atoms with E-state index in [0.717, 1.165) is 18.8 Å². The Labute approximate surface area is 181 Å². The highest BCUT2D eigenvalue weighted by Crippen LogP contribution is 2.42. The van der Waals surface area contributed by atoms with Gasteiger partial charge in [-0.25, -0.2) is 4.90 Å². The number of ether oxygens (including phenoxy) is 1. The van der Waals surface area contributed by atoms with Crippen molar-refractivity contribution in [2.24, 2.45) is 0 Å². The molecule has 5 nitrogen and oxygen atoms in total. The number of methoxy groups -OCH3 is 1. The van der Waals surface area contributed by atoms with Gasteiger partial charge in [0.15, 0.2) is 0 Å². The van der Waals surface area contributed by atoms with Gasteiger partial charge in [-0.15, -0.1) is 11.8 Å². The van der Waals surface area contributed by atoms with Crippen molar-refractivity contribution in [3.63, 3.8) is 0 Å². The monoisotopic (exact) mass is 422 g/mol. The molecule has 1 fully saturated rings. The Morgan fingerprint density at radius 1 is 0.900 bits per heavy atom. The standard InChI is InChI=1S/C24H26N2O3S/c1-16(2)30-22-21(19-8-4-5-9-20(19)29-3)23(27)26(24(22)28)18-12-10-17(11-13-18)25-14-6-7-15-25/h4-5,8-13,16H,6-7,14-15H2,1-3H3. The number of amides is 2. The zero-order chi connectivity index (χ0) is 21.3. The number of nitrogens with zero attached hydrogens (tertiary/aromatic N) is 2. The van der Waals surface area contributed by atoms with E-state index in [4.69, 9.17) is 4.74 Å². The van der Waals surface area contributed by atoms with E-state index in [-0.39, 0.29) is 17.1 Å². The molecular formula is C24H26N2O3S. The fraction of sp³-hybridized carbons (Fsp3) is 0.333. The van der Waals surface area contributed by atoms with Crippen molar-refractivity contribution in [1.82, 2.24) is 0 Å². The lowest BCUT2D eigenvalue weighted by Crippen LogP contribution is -2.31. The highest BCUT2D eigenvalue weighted by molar-refractivity contribution is 8.04. The lowest BCUT2D eigenvalue weighted by atomic mass is 10.0. The molecule has 0 aromatic heterocycles. The minimum absolute atomic E-state index is 0.166. The van der Waals surface area contributed by atoms with Gasteiger partial charge in [-0.3, -0.25) is 9.59 Å². The van der Waals surface area contributed by atoms with Crippen LogP contribution in [0.25, 0.3) is 5.57 Å². The van der Waals surface area contributed by atoms with Crippen LogP contribution in [0.5, 0.6) is 5.75 Å². The van der Waals surface area contributed by atoms with Crippen LogP contribution in [-0.4, -0.2) is 37.3 Å². The molecule has 2 heterocycles. The maximum atomic E-state index is 13.5. The fourth-order valence-electron chi connectivity index (χ4n) is 3.97. The summed E-state index contributed by atoms with van der Waals surface area (Å²) in [5.41, 5.74) is 2.79. The van der Waals surface area contributed by atoms with E-state index in [9.17, 15) is 9.59 Å². The minimum Gasteiger partial charge on any atom is -0.496 e. The SMILES string of the molecule is COc1ccccc1C1=C(SC(C)C)C(=O)N(c2ccc(N3CCCC3)cc2)C1=O. The van der Waals surface area contributed by atoms with Gasteiger partial charge in [-0.2, -0.15) is 0 Å². The number of carbonyl (C=O) groups is 2. The van der Waals surface area contributed by atoms with Gasteiger partial charge in [0.25, 0.3) is 11.8 Å². The van der Waals surface area contributed by atoms with Gasteiger partial charge < -0.3 is 9.64 Å². The molecule has 2 aromatic carbocycles. The van der Waals surface area contributed by atoms with Crippen molar-refractivity contribution in [3.8, 4) is 5.75 Å². The summed E-state index contributed by atoms with van der Waals surface area (Å²) < 4.78 is 5.48. The first-order valence-corrected chi connectivity index (χ1v) is 11.2. The van der Waals surface area contributed by atoms with Gasteiger partial charge in [0, 0.05) is 29.6 Å². The van der Waals surface area contributed by atoms with Crippen LogP contribution in [0.4, 0.5) is 11.4 Å². The van der Waals surface area contributed by atoms with Gasteiger partial charge in [0.1, 0.15) is 5.75 Å². The number of benzene rings is 2. The van der Waals surface area contributed by atoms with Gasteiger partial charge in [0.05, 0.1) is 23.3 Å². The zero-order valence-corrected chi connectivity index (χ0v) is 18.4. The molecule has 156 valence electrons. The Balaban J connectivity index is 1.72. The number of imide groups is 1. The minimum atomic E-state index is -0.304. The number of carbonyl (C=O) groups excluding carboxylic acids is 2. The van der Waals surface area contributed by atoms with Crippen molar-refractivity contribution >= 4 is 40.5 Å². The molecule has 0 bridgehead atoms. The summed E-state index contributed by atoms with van der Waals surface area (Å²) in [5.74, 6) is 0.0110. The number of para-hydroxylation sites is 1. The molecule has 0 spiro atoms. The van der Waals surface area contributed by atoms with Crippen LogP contribution in [0.15, 0.2) is 53.4 Å². The van der Waals surface area contributed by atoms with Crippen LogP contribution in [0, 0.1) is 0 Å². The molecule has 0 atom stereocenters. The molecule has 0 unspecified atom stereocenters. The number of anilines is 2. The second-order valence-electron chi connectivity index (χ2n) is 7.73. The average molecular weight is 423 g/mol. The van der Waals surface area contributed by atoms with Gasteiger partial charge in [0.2, 0.25) is 0 Å². The van der Waals surface area contributed by atoms with Crippen LogP contribution >= 0.6 is 11.8 Å². The first-order chi connectivity index (χ1) is 14.5. The summed E-state index contributed by atoms with van der Waals surface area (Å²) in [6.45, 7) is 6.14. The highest BCUT2D eigenvalue weighted by Gasteiger charge is 2.41. The second-order valence-corrected chi connectivity index (χ2v) is 9.31. The molecule has 2 aliphatic rings. The van der Waals surface area contributed by atoms with E-state index in [0.29, 0.717) is 27.5 Å². The molecule has 2 amide bonds. The Morgan fingerprint density at radius 3 is 2.17 bits per heavy atom. The molecule has 4 rings (SSSR count). The predicted molar refractivity (Wildman–Crippen MR) is 123 cm³/mol. The summed E-state index contributed by atoms with van der Waals surface area (Å²) in [5, 5.41) is 0.166. The van der Waals surface area contributed by atoms with Crippen LogP contribution < -0.4 is 14.5 Å². The summed E-state index contributed by atoms with van der Waals surface area (Å²) >= 11 is 1.42. The number of hydrogen-bond acceptors (Lipinski definition) is 5. The molecular weight excluding hydrogens is 396 g/mol. The number of thioether (sulfide) groups is 1. The largest absolute Gasteiger partial charge is 0.496 e. The molecule has 0 radical (unpaired) electrons. The quantitative estimate of drug-likeness (QED) is 0.631. The van der Waals surface area contributed by atoms with E-state index >= 15 is 0 Å². The molecule has 2 aliphatic heterocycles. The maximum absolute atomic E-state index is 13.5. The van der Waals surface area contributed by atoms with Crippen LogP contribution in [0.2, 0.25) is 0 Å². The Kier molecular flexibility index (Phi) is 5.86. The van der Waals surface area contributed by atoms with Crippen molar-refractivity contribution < 1.29 is 14.3 Å². The molecule has 30 heavy (non-hydrogen) atoms. The molecule has 0 aliphatic carbocycles. The van der Waals surface area contributed by atoms with E-state index in [1.807, 2.05) is 62.4 Å². The van der Waals surface area contributed by atoms with Crippen molar-refractivity contribution in [3.05, 3.63) is 59.0 Å². The molecule has 2 aromatic rings. The van der Waals surface area contributed by atoms with E-state index in [1.165, 1.54) is 29.5 Å². The van der Waals surface area contributed by atoms with E-state index < -0.39 is 0 Å². The summed E-state index contributed by atoms with van der Waals surface area (Å²) in [7, 11) is 1.57. The average Bonchev–Trinajstić information content (AvgIpc) is 3.36. The van der Waals surface area contributed by atoms with Crippen LogP contribution in [0.1, 0.15) is 32.3 Å². The van der Waals surface area contributed by atoms with Crippen LogP contribution in [-0.2, 0) is 9.59 Å². The lowest BCUT2D eigenvalue weighted by Gasteiger charge is -2.20. The lowest BCUT2D eigenvalue weighted by molar-refractivity contribution is -0.119. The summed E-state index contributed by atoms with van der Waals surface area (Å²) in [6.07, 6.45) is 2.40. The third-order valence-electron chi connectivity index (χ3n) is 5.35. The molecule has 0 N–H and O–H groups in total. The molecule has 1 saturated heterocycles. The normalized spacial score (nSPS) is 16.9. The maximum Gasteiger partial charge on any atom is 0.272 e. The molecule has 0 saturated carbocycles. The first kappa shape index (κ1) is 20.5. The van der Waals surface area contributed by atoms with Crippen molar-refractivity contribution in [2.75, 3.05) is 30.0 Å². The Bertz CT molecular complexity index is 992. The summed E-state index contributed by atoms with van der Waals surface area (Å²) in [6, 6.07) is 15.1. The topological polar surface area (TPSA) is 49.9 Å². The first-order valence-electron chi connectivity index (χ1n) is 10.3. The summed E-state index contributed by atoms with van der Waals surface area (Å²) in [4.78, 5) is 30.9. The van der Waals surface area contributed by atoms with E-state index in [2.05, 4.69) is 4.90 Å². The predicted octanol–water partition coefficient (Wildman–Crippen LogP) is 4.72. The second kappa shape index (κ2) is 8.56. The number of hydrogen-bond donors (Lipinski definition) is 0. The van der Waals surface area contributed by atoms with Gasteiger partial charge in [-0.05, 0) is 43.2 Å². The van der Waals surface area contributed by atoms with Crippen molar-refractivity contribution in [2.45, 2.75) is 31.9 Å². The van der Waals surface area contributed by atoms with Gasteiger partial charge >= 0.3 is 0 Å². The highest BCUT2D eigenvalue weighted by atomic mass is 32.2. The van der Waals surface area contributed by atoms with E-state index in [1.54, 1.807) is 7.11 Å². The Hall–Kier alpha value is -2.73. The van der Waals surface area contributed by atoms with Crippen molar-refractivity contribution in [1.29, 1.82) is 0 Å². The smallest absolute Gasteiger partial charge is 0.272 e. The van der Waals surface area contributed by atoms with Crippen LogP contribution in [0.3, 0.4) is 0 Å². The third-order valence-corrected chi connectivity index (χ3v) is 6.44.